The van der Waals surface area contributed by atoms with Gasteiger partial charge in [-0.2, -0.15) is 0 Å². The molecule has 1 unspecified atom stereocenters. The largest absolute Gasteiger partial charge is 0.380 e. The van der Waals surface area contributed by atoms with E-state index >= 15 is 0 Å². The molecular formula is C18H21N3O4. The number of aromatic nitrogens is 2. The van der Waals surface area contributed by atoms with Crippen LogP contribution in [0.3, 0.4) is 0 Å². The lowest BCUT2D eigenvalue weighted by atomic mass is 10.0. The average Bonchev–Trinajstić information content (AvgIpc) is 2.60. The summed E-state index contributed by atoms with van der Waals surface area (Å²) in [4.78, 5) is 42.9. The molecule has 7 nitrogen and oxygen atoms in total. The zero-order valence-electron chi connectivity index (χ0n) is 14.3. The Labute approximate surface area is 144 Å². The number of ether oxygens (including phenoxy) is 1. The number of nitrogens with one attached hydrogen (secondary N) is 2. The summed E-state index contributed by atoms with van der Waals surface area (Å²) in [7, 11) is 1.66. The first-order chi connectivity index (χ1) is 12.0. The molecule has 2 N–H and O–H groups in total. The fourth-order valence-electron chi connectivity index (χ4n) is 3.25. The third-order valence-electron chi connectivity index (χ3n) is 4.53. The van der Waals surface area contributed by atoms with Gasteiger partial charge in [0.15, 0.2) is 0 Å². The van der Waals surface area contributed by atoms with Gasteiger partial charge in [0, 0.05) is 31.5 Å². The summed E-state index contributed by atoms with van der Waals surface area (Å²) in [6.45, 7) is 2.92. The van der Waals surface area contributed by atoms with Crippen molar-refractivity contribution in [3.8, 4) is 11.1 Å². The van der Waals surface area contributed by atoms with Crippen LogP contribution in [-0.4, -0.2) is 47.1 Å². The van der Waals surface area contributed by atoms with Crippen LogP contribution in [0.4, 0.5) is 0 Å². The van der Waals surface area contributed by atoms with Crippen molar-refractivity contribution in [1.29, 1.82) is 0 Å². The fraction of sp³-hybridized carbons (Fsp3) is 0.389. The number of amides is 1. The van der Waals surface area contributed by atoms with Crippen LogP contribution >= 0.6 is 0 Å². The fourth-order valence-corrected chi connectivity index (χ4v) is 3.25. The quantitative estimate of drug-likeness (QED) is 0.878. The molecule has 1 atom stereocenters. The topological polar surface area (TPSA) is 95.3 Å². The molecule has 0 saturated carbocycles. The number of carbonyl (C=O) groups excluding carboxylic acids is 1. The highest BCUT2D eigenvalue weighted by Crippen LogP contribution is 2.21. The minimum absolute atomic E-state index is 0.0603. The Kier molecular flexibility index (Phi) is 4.85. The zero-order valence-corrected chi connectivity index (χ0v) is 14.3. The number of carbonyl (C=O) groups is 1. The molecule has 1 aromatic carbocycles. The lowest BCUT2D eigenvalue weighted by molar-refractivity contribution is 0.0269. The molecular weight excluding hydrogens is 322 g/mol. The van der Waals surface area contributed by atoms with Gasteiger partial charge in [-0.25, -0.2) is 4.79 Å². The number of rotatable bonds is 3. The molecule has 3 rings (SSSR count). The van der Waals surface area contributed by atoms with Gasteiger partial charge in [0.2, 0.25) is 0 Å². The lowest BCUT2D eigenvalue weighted by Crippen LogP contribution is -2.42. The van der Waals surface area contributed by atoms with Crippen LogP contribution < -0.4 is 11.2 Å². The van der Waals surface area contributed by atoms with E-state index < -0.39 is 11.2 Å². The SMILES string of the molecule is COC1CCCN(C(=O)c2cccc(-c3c(C)[nH]c(=O)[nH]c3=O)c2)C1. The third kappa shape index (κ3) is 3.56. The van der Waals surface area contributed by atoms with Crippen LogP contribution in [-0.2, 0) is 4.74 Å². The summed E-state index contributed by atoms with van der Waals surface area (Å²) < 4.78 is 5.37. The highest BCUT2D eigenvalue weighted by Gasteiger charge is 2.24. The lowest BCUT2D eigenvalue weighted by Gasteiger charge is -2.32. The number of piperidine rings is 1. The van der Waals surface area contributed by atoms with Crippen molar-refractivity contribution in [3.63, 3.8) is 0 Å². The van der Waals surface area contributed by atoms with Crippen LogP contribution in [0.15, 0.2) is 33.9 Å². The molecule has 1 aliphatic rings. The van der Waals surface area contributed by atoms with Crippen molar-refractivity contribution in [1.82, 2.24) is 14.9 Å². The molecule has 2 heterocycles. The number of hydrogen-bond acceptors (Lipinski definition) is 4. The molecule has 1 fully saturated rings. The molecule has 1 saturated heterocycles. The second kappa shape index (κ2) is 7.06. The number of aromatic amines is 2. The highest BCUT2D eigenvalue weighted by molar-refractivity contribution is 5.95. The Morgan fingerprint density at radius 2 is 2.08 bits per heavy atom. The molecule has 0 radical (unpaired) electrons. The van der Waals surface area contributed by atoms with Gasteiger partial charge < -0.3 is 14.6 Å². The number of methoxy groups -OCH3 is 1. The van der Waals surface area contributed by atoms with Crippen LogP contribution in [0, 0.1) is 6.92 Å². The first kappa shape index (κ1) is 17.2. The summed E-state index contributed by atoms with van der Waals surface area (Å²) in [6, 6.07) is 6.91. The summed E-state index contributed by atoms with van der Waals surface area (Å²) >= 11 is 0. The van der Waals surface area contributed by atoms with E-state index in [1.54, 1.807) is 43.2 Å². The standard InChI is InChI=1S/C18H21N3O4/c1-11-15(16(22)20-18(24)19-11)12-5-3-6-13(9-12)17(23)21-8-4-7-14(10-21)25-2/h3,5-6,9,14H,4,7-8,10H2,1-2H3,(H2,19,20,22,24). The maximum Gasteiger partial charge on any atom is 0.325 e. The van der Waals surface area contributed by atoms with Crippen LogP contribution in [0.25, 0.3) is 11.1 Å². The Balaban J connectivity index is 1.93. The van der Waals surface area contributed by atoms with E-state index in [1.165, 1.54) is 0 Å². The van der Waals surface area contributed by atoms with E-state index in [-0.39, 0.29) is 12.0 Å². The third-order valence-corrected chi connectivity index (χ3v) is 4.53. The normalized spacial score (nSPS) is 17.5. The first-order valence-electron chi connectivity index (χ1n) is 8.25. The number of nitrogens with zero attached hydrogens (tertiary/aromatic N) is 1. The summed E-state index contributed by atoms with van der Waals surface area (Å²) in [5.74, 6) is -0.0814. The van der Waals surface area contributed by atoms with Crippen LogP contribution in [0.1, 0.15) is 28.9 Å². The Bertz CT molecular complexity index is 900. The maximum absolute atomic E-state index is 12.8. The van der Waals surface area contributed by atoms with Crippen molar-refractivity contribution < 1.29 is 9.53 Å². The van der Waals surface area contributed by atoms with Crippen molar-refractivity contribution in [2.75, 3.05) is 20.2 Å². The minimum Gasteiger partial charge on any atom is -0.380 e. The number of hydrogen-bond donors (Lipinski definition) is 2. The van der Waals surface area contributed by atoms with Crippen LogP contribution in [0.2, 0.25) is 0 Å². The predicted octanol–water partition coefficient (Wildman–Crippen LogP) is 1.29. The van der Waals surface area contributed by atoms with Crippen molar-refractivity contribution in [2.24, 2.45) is 0 Å². The van der Waals surface area contributed by atoms with Crippen molar-refractivity contribution in [3.05, 3.63) is 56.4 Å². The molecule has 0 spiro atoms. The molecule has 1 aromatic heterocycles. The van der Waals surface area contributed by atoms with E-state index in [0.717, 1.165) is 12.8 Å². The summed E-state index contributed by atoms with van der Waals surface area (Å²) in [5.41, 5.74) is 0.930. The van der Waals surface area contributed by atoms with Crippen LogP contribution in [0.5, 0.6) is 0 Å². The molecule has 0 bridgehead atoms. The van der Waals surface area contributed by atoms with Crippen molar-refractivity contribution in [2.45, 2.75) is 25.9 Å². The molecule has 7 heteroatoms. The summed E-state index contributed by atoms with van der Waals surface area (Å²) in [5, 5.41) is 0. The van der Waals surface area contributed by atoms with Gasteiger partial charge in [-0.15, -0.1) is 0 Å². The van der Waals surface area contributed by atoms with Gasteiger partial charge in [-0.1, -0.05) is 12.1 Å². The molecule has 2 aromatic rings. The van der Waals surface area contributed by atoms with E-state index in [0.29, 0.717) is 35.5 Å². The van der Waals surface area contributed by atoms with Gasteiger partial charge >= 0.3 is 5.69 Å². The second-order valence-corrected chi connectivity index (χ2v) is 6.24. The monoisotopic (exact) mass is 343 g/mol. The van der Waals surface area contributed by atoms with Gasteiger partial charge in [-0.05, 0) is 37.5 Å². The molecule has 1 amide bonds. The maximum atomic E-state index is 12.8. The molecule has 0 aliphatic carbocycles. The van der Waals surface area contributed by atoms with Crippen molar-refractivity contribution >= 4 is 5.91 Å². The number of H-pyrrole nitrogens is 2. The van der Waals surface area contributed by atoms with Gasteiger partial charge in [-0.3, -0.25) is 14.6 Å². The zero-order chi connectivity index (χ0) is 18.0. The predicted molar refractivity (Wildman–Crippen MR) is 93.8 cm³/mol. The molecule has 132 valence electrons. The Hall–Kier alpha value is -2.67. The smallest absolute Gasteiger partial charge is 0.325 e. The Morgan fingerprint density at radius 3 is 2.80 bits per heavy atom. The van der Waals surface area contributed by atoms with Gasteiger partial charge in [0.1, 0.15) is 0 Å². The van der Waals surface area contributed by atoms with E-state index in [9.17, 15) is 14.4 Å². The second-order valence-electron chi connectivity index (χ2n) is 6.24. The van der Waals surface area contributed by atoms with Gasteiger partial charge in [0.05, 0.1) is 11.7 Å². The number of aryl methyl sites for hydroxylation is 1. The molecule has 25 heavy (non-hydrogen) atoms. The summed E-state index contributed by atoms with van der Waals surface area (Å²) in [6.07, 6.45) is 1.92. The van der Waals surface area contributed by atoms with Gasteiger partial charge in [0.25, 0.3) is 11.5 Å². The number of benzene rings is 1. The van der Waals surface area contributed by atoms with E-state index in [4.69, 9.17) is 4.74 Å². The van der Waals surface area contributed by atoms with E-state index in [1.807, 2.05) is 0 Å². The highest BCUT2D eigenvalue weighted by atomic mass is 16.5. The minimum atomic E-state index is -0.544. The first-order valence-corrected chi connectivity index (χ1v) is 8.25. The Morgan fingerprint density at radius 1 is 1.28 bits per heavy atom. The molecule has 1 aliphatic heterocycles. The van der Waals surface area contributed by atoms with E-state index in [2.05, 4.69) is 9.97 Å². The average molecular weight is 343 g/mol. The number of likely N-dealkylation sites (tertiary alicyclic amines) is 1.